The molecular weight excluding hydrogens is 318 g/mol. The maximum Gasteiger partial charge on any atom is 0.341 e. The standard InChI is InChI=1S/C16H19NO3S2/c1-3-11-10-13(16(19)20-4-2)15(22-11)17-14(18)8-7-12-6-5-9-21-12/h5-6,9-10H,3-4,7-8H2,1-2H3,(H,17,18). The molecule has 1 N–H and O–H groups in total. The number of ether oxygens (including phenoxy) is 1. The summed E-state index contributed by atoms with van der Waals surface area (Å²) in [5.41, 5.74) is 0.452. The number of hydrogen-bond donors (Lipinski definition) is 1. The van der Waals surface area contributed by atoms with Crippen molar-refractivity contribution in [2.75, 3.05) is 11.9 Å². The monoisotopic (exact) mass is 337 g/mol. The molecule has 6 heteroatoms. The fraction of sp³-hybridized carbons (Fsp3) is 0.375. The van der Waals surface area contributed by atoms with Gasteiger partial charge < -0.3 is 10.1 Å². The predicted molar refractivity (Wildman–Crippen MR) is 90.9 cm³/mol. The van der Waals surface area contributed by atoms with Gasteiger partial charge in [0.05, 0.1) is 12.2 Å². The van der Waals surface area contributed by atoms with Crippen LogP contribution in [0.4, 0.5) is 5.00 Å². The van der Waals surface area contributed by atoms with Crippen molar-refractivity contribution in [1.29, 1.82) is 0 Å². The van der Waals surface area contributed by atoms with Gasteiger partial charge >= 0.3 is 5.97 Å². The zero-order valence-corrected chi connectivity index (χ0v) is 14.3. The van der Waals surface area contributed by atoms with Gasteiger partial charge in [0.1, 0.15) is 5.00 Å². The van der Waals surface area contributed by atoms with Crippen LogP contribution in [0, 0.1) is 0 Å². The number of hydrogen-bond acceptors (Lipinski definition) is 5. The summed E-state index contributed by atoms with van der Waals surface area (Å²) in [6.45, 7) is 4.11. The van der Waals surface area contributed by atoms with Crippen LogP contribution in [0.5, 0.6) is 0 Å². The smallest absolute Gasteiger partial charge is 0.341 e. The fourth-order valence-corrected chi connectivity index (χ4v) is 3.66. The van der Waals surface area contributed by atoms with Crippen LogP contribution in [0.25, 0.3) is 0 Å². The summed E-state index contributed by atoms with van der Waals surface area (Å²) in [6, 6.07) is 5.80. The topological polar surface area (TPSA) is 55.4 Å². The summed E-state index contributed by atoms with van der Waals surface area (Å²) in [5.74, 6) is -0.463. The zero-order chi connectivity index (χ0) is 15.9. The number of amides is 1. The fourth-order valence-electron chi connectivity index (χ4n) is 1.95. The highest BCUT2D eigenvalue weighted by molar-refractivity contribution is 7.16. The first-order valence-corrected chi connectivity index (χ1v) is 8.95. The van der Waals surface area contributed by atoms with Crippen LogP contribution in [0.2, 0.25) is 0 Å². The third-order valence-corrected chi connectivity index (χ3v) is 5.19. The van der Waals surface area contributed by atoms with Gasteiger partial charge in [-0.3, -0.25) is 4.79 Å². The average Bonchev–Trinajstić information content (AvgIpc) is 3.14. The van der Waals surface area contributed by atoms with E-state index in [2.05, 4.69) is 5.32 Å². The largest absolute Gasteiger partial charge is 0.462 e. The van der Waals surface area contributed by atoms with Gasteiger partial charge in [-0.15, -0.1) is 22.7 Å². The van der Waals surface area contributed by atoms with E-state index in [0.717, 1.165) is 11.3 Å². The van der Waals surface area contributed by atoms with Crippen molar-refractivity contribution in [1.82, 2.24) is 0 Å². The summed E-state index contributed by atoms with van der Waals surface area (Å²) >= 11 is 3.08. The Hall–Kier alpha value is -1.66. The van der Waals surface area contributed by atoms with Gasteiger partial charge in [0, 0.05) is 16.2 Å². The summed E-state index contributed by atoms with van der Waals surface area (Å²) in [5, 5.41) is 5.44. The molecule has 2 heterocycles. The molecule has 0 bridgehead atoms. The van der Waals surface area contributed by atoms with Crippen molar-refractivity contribution >= 4 is 39.6 Å². The normalized spacial score (nSPS) is 10.5. The summed E-state index contributed by atoms with van der Waals surface area (Å²) in [6.07, 6.45) is 1.94. The van der Waals surface area contributed by atoms with Crippen molar-refractivity contribution < 1.29 is 14.3 Å². The van der Waals surface area contributed by atoms with Crippen molar-refractivity contribution in [3.8, 4) is 0 Å². The van der Waals surface area contributed by atoms with E-state index in [0.29, 0.717) is 30.0 Å². The van der Waals surface area contributed by atoms with Gasteiger partial charge in [0.2, 0.25) is 5.91 Å². The molecule has 0 atom stereocenters. The Kier molecular flexibility index (Phi) is 6.15. The Labute approximate surface area is 138 Å². The lowest BCUT2D eigenvalue weighted by atomic mass is 10.2. The molecule has 0 saturated carbocycles. The summed E-state index contributed by atoms with van der Waals surface area (Å²) in [4.78, 5) is 26.3. The lowest BCUT2D eigenvalue weighted by molar-refractivity contribution is -0.116. The summed E-state index contributed by atoms with van der Waals surface area (Å²) < 4.78 is 5.04. The molecule has 0 fully saturated rings. The molecule has 118 valence electrons. The average molecular weight is 337 g/mol. The van der Waals surface area contributed by atoms with Gasteiger partial charge in [0.25, 0.3) is 0 Å². The molecule has 0 spiro atoms. The van der Waals surface area contributed by atoms with Crippen LogP contribution in [0.1, 0.15) is 40.4 Å². The molecule has 0 unspecified atom stereocenters. The third kappa shape index (κ3) is 4.42. The van der Waals surface area contributed by atoms with Crippen LogP contribution >= 0.6 is 22.7 Å². The lowest BCUT2D eigenvalue weighted by Crippen LogP contribution is -2.14. The molecule has 2 aromatic rings. The van der Waals surface area contributed by atoms with Gasteiger partial charge in [-0.2, -0.15) is 0 Å². The van der Waals surface area contributed by atoms with Gasteiger partial charge in [-0.1, -0.05) is 13.0 Å². The number of nitrogens with one attached hydrogen (secondary N) is 1. The van der Waals surface area contributed by atoms with Gasteiger partial charge in [-0.05, 0) is 37.3 Å². The van der Waals surface area contributed by atoms with Crippen molar-refractivity contribution in [3.05, 3.63) is 38.9 Å². The highest BCUT2D eigenvalue weighted by atomic mass is 32.1. The first-order chi connectivity index (χ1) is 10.6. The molecule has 1 amide bonds. The molecule has 0 aliphatic rings. The molecule has 0 aliphatic carbocycles. The molecule has 0 aliphatic heterocycles. The number of rotatable bonds is 7. The molecule has 0 aromatic carbocycles. The van der Waals surface area contributed by atoms with E-state index < -0.39 is 0 Å². The molecule has 0 saturated heterocycles. The van der Waals surface area contributed by atoms with Crippen molar-refractivity contribution in [3.63, 3.8) is 0 Å². The second kappa shape index (κ2) is 8.10. The number of esters is 1. The Morgan fingerprint density at radius 1 is 1.27 bits per heavy atom. The molecule has 2 rings (SSSR count). The number of thiophene rings is 2. The number of aryl methyl sites for hydroxylation is 2. The van der Waals surface area contributed by atoms with E-state index in [4.69, 9.17) is 4.74 Å². The SMILES string of the molecule is CCOC(=O)c1cc(CC)sc1NC(=O)CCc1cccs1. The maximum atomic E-state index is 12.1. The second-order valence-electron chi connectivity index (χ2n) is 4.66. The van der Waals surface area contributed by atoms with Gasteiger partial charge in [0.15, 0.2) is 0 Å². The first-order valence-electron chi connectivity index (χ1n) is 7.26. The van der Waals surface area contributed by atoms with Crippen LogP contribution in [0.3, 0.4) is 0 Å². The van der Waals surface area contributed by atoms with E-state index >= 15 is 0 Å². The Morgan fingerprint density at radius 3 is 2.73 bits per heavy atom. The van der Waals surface area contributed by atoms with Crippen LogP contribution in [-0.4, -0.2) is 18.5 Å². The van der Waals surface area contributed by atoms with E-state index in [9.17, 15) is 9.59 Å². The molecule has 2 aromatic heterocycles. The Morgan fingerprint density at radius 2 is 2.09 bits per heavy atom. The van der Waals surface area contributed by atoms with E-state index in [1.165, 1.54) is 16.2 Å². The third-order valence-electron chi connectivity index (χ3n) is 3.06. The number of carbonyl (C=O) groups excluding carboxylic acids is 2. The summed E-state index contributed by atoms with van der Waals surface area (Å²) in [7, 11) is 0. The quantitative estimate of drug-likeness (QED) is 0.773. The highest BCUT2D eigenvalue weighted by Gasteiger charge is 2.18. The molecule has 22 heavy (non-hydrogen) atoms. The minimum Gasteiger partial charge on any atom is -0.462 e. The first kappa shape index (κ1) is 16.7. The van der Waals surface area contributed by atoms with Crippen molar-refractivity contribution in [2.24, 2.45) is 0 Å². The Bertz CT molecular complexity index is 632. The minimum absolute atomic E-state index is 0.0801. The number of anilines is 1. The minimum atomic E-state index is -0.382. The second-order valence-corrected chi connectivity index (χ2v) is 6.83. The predicted octanol–water partition coefficient (Wildman–Crippen LogP) is 4.12. The molecule has 4 nitrogen and oxygen atoms in total. The van der Waals surface area contributed by atoms with Crippen LogP contribution < -0.4 is 5.32 Å². The zero-order valence-electron chi connectivity index (χ0n) is 12.7. The molecule has 0 radical (unpaired) electrons. The maximum absolute atomic E-state index is 12.1. The highest BCUT2D eigenvalue weighted by Crippen LogP contribution is 2.29. The molecular formula is C16H19NO3S2. The van der Waals surface area contributed by atoms with E-state index in [-0.39, 0.29) is 11.9 Å². The number of carbonyl (C=O) groups is 2. The van der Waals surface area contributed by atoms with E-state index in [1.54, 1.807) is 24.3 Å². The van der Waals surface area contributed by atoms with Crippen molar-refractivity contribution in [2.45, 2.75) is 33.1 Å². The lowest BCUT2D eigenvalue weighted by Gasteiger charge is -2.05. The van der Waals surface area contributed by atoms with E-state index in [1.807, 2.05) is 24.4 Å². The Balaban J connectivity index is 2.02. The van der Waals surface area contributed by atoms with Gasteiger partial charge in [-0.25, -0.2) is 4.79 Å². The van der Waals surface area contributed by atoms with Crippen LogP contribution in [0.15, 0.2) is 23.6 Å². The van der Waals surface area contributed by atoms with Crippen LogP contribution in [-0.2, 0) is 22.4 Å².